The zero-order chi connectivity index (χ0) is 17.9. The van der Waals surface area contributed by atoms with Crippen molar-refractivity contribution in [1.29, 1.82) is 0 Å². The number of hydrogen-bond acceptors (Lipinski definition) is 3. The Morgan fingerprint density at radius 3 is 2.92 bits per heavy atom. The van der Waals surface area contributed by atoms with Crippen LogP contribution >= 0.6 is 0 Å². The van der Waals surface area contributed by atoms with Crippen LogP contribution in [-0.2, 0) is 11.2 Å². The normalized spacial score (nSPS) is 20.2. The third-order valence-electron chi connectivity index (χ3n) is 5.60. The standard InChI is InChI=1S/C20H18FN3O2/c1-26-19(25)24-18(12-4-2-5-13(21)10-12)17-14(11-20(24)7-8-20)16-15(23-17)6-3-9-22-16/h2-6,9-10,18,23H,7-8,11H2,1H3. The second-order valence-corrected chi connectivity index (χ2v) is 7.12. The van der Waals surface area contributed by atoms with E-state index in [4.69, 9.17) is 4.74 Å². The maximum absolute atomic E-state index is 14.0. The quantitative estimate of drug-likeness (QED) is 0.722. The van der Waals surface area contributed by atoms with Crippen LogP contribution in [0, 0.1) is 5.82 Å². The average Bonchev–Trinajstić information content (AvgIpc) is 3.32. The molecule has 1 unspecified atom stereocenters. The number of aromatic nitrogens is 2. The number of rotatable bonds is 1. The summed E-state index contributed by atoms with van der Waals surface area (Å²) in [4.78, 5) is 22.5. The number of fused-ring (bicyclic) bond motifs is 3. The number of H-pyrrole nitrogens is 1. The molecule has 1 N–H and O–H groups in total. The van der Waals surface area contributed by atoms with Gasteiger partial charge in [0.15, 0.2) is 0 Å². The molecular weight excluding hydrogens is 333 g/mol. The molecule has 6 heteroatoms. The van der Waals surface area contributed by atoms with Crippen molar-refractivity contribution in [2.24, 2.45) is 0 Å². The third kappa shape index (κ3) is 2.08. The smallest absolute Gasteiger partial charge is 0.410 e. The number of nitrogens with zero attached hydrogens (tertiary/aromatic N) is 2. The summed E-state index contributed by atoms with van der Waals surface area (Å²) in [5, 5.41) is 0. The summed E-state index contributed by atoms with van der Waals surface area (Å²) in [7, 11) is 1.39. The van der Waals surface area contributed by atoms with Crippen molar-refractivity contribution >= 4 is 17.1 Å². The second kappa shape index (κ2) is 5.30. The lowest BCUT2D eigenvalue weighted by Gasteiger charge is -2.41. The molecule has 1 amide bonds. The number of carbonyl (C=O) groups is 1. The Hall–Kier alpha value is -2.89. The van der Waals surface area contributed by atoms with Crippen molar-refractivity contribution in [2.75, 3.05) is 7.11 Å². The molecule has 1 fully saturated rings. The molecule has 2 aliphatic rings. The first-order valence-corrected chi connectivity index (χ1v) is 8.71. The van der Waals surface area contributed by atoms with Crippen LogP contribution < -0.4 is 0 Å². The van der Waals surface area contributed by atoms with Crippen molar-refractivity contribution in [3.05, 3.63) is 65.2 Å². The van der Waals surface area contributed by atoms with Gasteiger partial charge in [-0.05, 0) is 49.1 Å². The molecule has 26 heavy (non-hydrogen) atoms. The predicted molar refractivity (Wildman–Crippen MR) is 94.2 cm³/mol. The van der Waals surface area contributed by atoms with Gasteiger partial charge in [0.2, 0.25) is 0 Å². The first-order valence-electron chi connectivity index (χ1n) is 8.71. The van der Waals surface area contributed by atoms with E-state index in [-0.39, 0.29) is 17.4 Å². The molecule has 1 aliphatic heterocycles. The fourth-order valence-electron chi connectivity index (χ4n) is 4.28. The number of halogens is 1. The van der Waals surface area contributed by atoms with Gasteiger partial charge in [-0.15, -0.1) is 0 Å². The Morgan fingerprint density at radius 1 is 1.35 bits per heavy atom. The van der Waals surface area contributed by atoms with Gasteiger partial charge in [-0.1, -0.05) is 12.1 Å². The van der Waals surface area contributed by atoms with Crippen LogP contribution in [-0.4, -0.2) is 33.6 Å². The zero-order valence-electron chi connectivity index (χ0n) is 14.3. The molecule has 5 rings (SSSR count). The maximum atomic E-state index is 14.0. The lowest BCUT2D eigenvalue weighted by molar-refractivity contribution is 0.0751. The van der Waals surface area contributed by atoms with E-state index >= 15 is 0 Å². The minimum Gasteiger partial charge on any atom is -0.453 e. The summed E-state index contributed by atoms with van der Waals surface area (Å²) in [6.07, 6.45) is 3.95. The van der Waals surface area contributed by atoms with Crippen molar-refractivity contribution in [1.82, 2.24) is 14.9 Å². The Bertz CT molecular complexity index is 1020. The van der Waals surface area contributed by atoms with E-state index in [2.05, 4.69) is 9.97 Å². The highest BCUT2D eigenvalue weighted by Crippen LogP contribution is 2.55. The molecule has 1 aliphatic carbocycles. The first-order chi connectivity index (χ1) is 12.6. The fraction of sp³-hybridized carbons (Fsp3) is 0.300. The van der Waals surface area contributed by atoms with Crippen LogP contribution in [0.3, 0.4) is 0 Å². The number of pyridine rings is 1. The fourth-order valence-corrected chi connectivity index (χ4v) is 4.28. The van der Waals surface area contributed by atoms with Gasteiger partial charge < -0.3 is 9.72 Å². The number of nitrogens with one attached hydrogen (secondary N) is 1. The Kier molecular flexibility index (Phi) is 3.13. The van der Waals surface area contributed by atoms with E-state index in [0.717, 1.165) is 47.1 Å². The summed E-state index contributed by atoms with van der Waals surface area (Å²) in [5.74, 6) is -0.321. The van der Waals surface area contributed by atoms with Crippen LogP contribution in [0.15, 0.2) is 42.6 Å². The summed E-state index contributed by atoms with van der Waals surface area (Å²) in [6.45, 7) is 0. The molecule has 0 bridgehead atoms. The lowest BCUT2D eigenvalue weighted by Crippen LogP contribution is -2.49. The van der Waals surface area contributed by atoms with Crippen molar-refractivity contribution < 1.29 is 13.9 Å². The molecule has 1 aromatic carbocycles. The Labute approximate surface area is 149 Å². The average molecular weight is 351 g/mol. The number of ether oxygens (including phenoxy) is 1. The third-order valence-corrected chi connectivity index (χ3v) is 5.60. The van der Waals surface area contributed by atoms with Gasteiger partial charge in [0.25, 0.3) is 0 Å². The van der Waals surface area contributed by atoms with Gasteiger partial charge in [0.05, 0.1) is 23.7 Å². The molecule has 132 valence electrons. The number of carbonyl (C=O) groups excluding carboxylic acids is 1. The van der Waals surface area contributed by atoms with Crippen LogP contribution in [0.2, 0.25) is 0 Å². The summed E-state index contributed by atoms with van der Waals surface area (Å²) < 4.78 is 19.1. The van der Waals surface area contributed by atoms with E-state index in [1.165, 1.54) is 19.2 Å². The van der Waals surface area contributed by atoms with Gasteiger partial charge in [-0.2, -0.15) is 0 Å². The van der Waals surface area contributed by atoms with Crippen LogP contribution in [0.4, 0.5) is 9.18 Å². The van der Waals surface area contributed by atoms with E-state index in [9.17, 15) is 9.18 Å². The van der Waals surface area contributed by atoms with Gasteiger partial charge in [-0.3, -0.25) is 9.88 Å². The van der Waals surface area contributed by atoms with Gasteiger partial charge in [-0.25, -0.2) is 9.18 Å². The number of hydrogen-bond donors (Lipinski definition) is 1. The van der Waals surface area contributed by atoms with Gasteiger partial charge in [0, 0.05) is 17.5 Å². The van der Waals surface area contributed by atoms with Crippen LogP contribution in [0.5, 0.6) is 0 Å². The largest absolute Gasteiger partial charge is 0.453 e. The topological polar surface area (TPSA) is 58.2 Å². The molecule has 0 saturated heterocycles. The molecule has 3 heterocycles. The molecular formula is C20H18FN3O2. The maximum Gasteiger partial charge on any atom is 0.410 e. The van der Waals surface area contributed by atoms with Crippen molar-refractivity contribution in [2.45, 2.75) is 30.8 Å². The van der Waals surface area contributed by atoms with Crippen LogP contribution in [0.25, 0.3) is 11.0 Å². The molecule has 1 saturated carbocycles. The second-order valence-electron chi connectivity index (χ2n) is 7.12. The molecule has 2 aromatic heterocycles. The number of methoxy groups -OCH3 is 1. The highest BCUT2D eigenvalue weighted by atomic mass is 19.1. The molecule has 3 aromatic rings. The monoisotopic (exact) mass is 351 g/mol. The lowest BCUT2D eigenvalue weighted by atomic mass is 9.87. The van der Waals surface area contributed by atoms with E-state index in [1.54, 1.807) is 17.2 Å². The van der Waals surface area contributed by atoms with E-state index < -0.39 is 6.04 Å². The van der Waals surface area contributed by atoms with Crippen molar-refractivity contribution in [3.8, 4) is 0 Å². The summed E-state index contributed by atoms with van der Waals surface area (Å²) in [6, 6.07) is 9.87. The van der Waals surface area contributed by atoms with E-state index in [1.807, 2.05) is 18.2 Å². The minimum atomic E-state index is -0.418. The number of aromatic amines is 1. The van der Waals surface area contributed by atoms with Gasteiger partial charge in [0.1, 0.15) is 11.9 Å². The zero-order valence-corrected chi connectivity index (χ0v) is 14.3. The molecule has 5 nitrogen and oxygen atoms in total. The molecule has 0 radical (unpaired) electrons. The summed E-state index contributed by atoms with van der Waals surface area (Å²) in [5.41, 5.74) is 4.33. The number of benzene rings is 1. The van der Waals surface area contributed by atoms with Gasteiger partial charge >= 0.3 is 6.09 Å². The highest BCUT2D eigenvalue weighted by molar-refractivity contribution is 5.83. The Balaban J connectivity index is 1.78. The van der Waals surface area contributed by atoms with E-state index in [0.29, 0.717) is 0 Å². The minimum absolute atomic E-state index is 0.274. The van der Waals surface area contributed by atoms with Crippen LogP contribution in [0.1, 0.15) is 35.7 Å². The SMILES string of the molecule is COC(=O)N1C(c2cccc(F)c2)c2[nH]c3cccnc3c2CC12CC2. The molecule has 1 spiro atoms. The summed E-state index contributed by atoms with van der Waals surface area (Å²) >= 11 is 0. The van der Waals surface area contributed by atoms with Crippen molar-refractivity contribution in [3.63, 3.8) is 0 Å². The highest BCUT2D eigenvalue weighted by Gasteiger charge is 2.57. The predicted octanol–water partition coefficient (Wildman–Crippen LogP) is 3.95. The first kappa shape index (κ1) is 15.4. The molecule has 1 atom stereocenters. The Morgan fingerprint density at radius 2 is 2.19 bits per heavy atom. The number of amides is 1.